The van der Waals surface area contributed by atoms with E-state index >= 15 is 0 Å². The molecule has 0 saturated heterocycles. The van der Waals surface area contributed by atoms with Crippen LogP contribution in [0.4, 0.5) is 4.39 Å². The Hall–Kier alpha value is -1.11. The van der Waals surface area contributed by atoms with Crippen LogP contribution >= 0.6 is 0 Å². The van der Waals surface area contributed by atoms with E-state index < -0.39 is 29.9 Å². The molecular weight excluding hydrogens is 238 g/mol. The van der Waals surface area contributed by atoms with Crippen molar-refractivity contribution in [1.82, 2.24) is 0 Å². The normalized spacial score (nSPS) is 12.6. The first-order valence-electron chi connectivity index (χ1n) is 5.61. The van der Waals surface area contributed by atoms with Gasteiger partial charge in [-0.2, -0.15) is 0 Å². The predicted molar refractivity (Wildman–Crippen MR) is 67.1 cm³/mol. The summed E-state index contributed by atoms with van der Waals surface area (Å²) in [5.41, 5.74) is -2.04. The van der Waals surface area contributed by atoms with Gasteiger partial charge in [0.25, 0.3) is 0 Å². The molecule has 0 amide bonds. The smallest absolute Gasteiger partial charge is 0.491 e. The minimum absolute atomic E-state index is 0.169. The first-order valence-corrected chi connectivity index (χ1v) is 5.61. The molecule has 0 saturated carbocycles. The third-order valence-corrected chi connectivity index (χ3v) is 3.14. The summed E-state index contributed by atoms with van der Waals surface area (Å²) in [6.07, 6.45) is 0. The molecule has 1 aromatic carbocycles. The minimum Gasteiger partial charge on any atom is -0.505 e. The lowest BCUT2D eigenvalue weighted by atomic mass is 9.76. The van der Waals surface area contributed by atoms with Crippen molar-refractivity contribution in [3.8, 4) is 5.75 Å². The van der Waals surface area contributed by atoms with Gasteiger partial charge in [-0.25, -0.2) is 4.39 Å². The molecule has 0 spiro atoms. The van der Waals surface area contributed by atoms with Crippen molar-refractivity contribution >= 4 is 12.6 Å². The number of hydrogen-bond donors (Lipinski definition) is 3. The first kappa shape index (κ1) is 15.0. The number of phenols is 1. The van der Waals surface area contributed by atoms with Crippen molar-refractivity contribution < 1.29 is 24.3 Å². The molecule has 0 aliphatic rings. The Balaban J connectivity index is 2.89. The molecule has 0 heterocycles. The second-order valence-electron chi connectivity index (χ2n) is 5.25. The number of aliphatic hydroxyl groups is 1. The van der Waals surface area contributed by atoms with E-state index in [1.165, 1.54) is 6.07 Å². The highest BCUT2D eigenvalue weighted by Crippen LogP contribution is 2.25. The molecule has 0 radical (unpaired) electrons. The van der Waals surface area contributed by atoms with E-state index in [1.807, 2.05) is 0 Å². The Labute approximate surface area is 106 Å². The number of rotatable bonds is 4. The van der Waals surface area contributed by atoms with Crippen LogP contribution in [0.1, 0.15) is 27.7 Å². The van der Waals surface area contributed by atoms with Crippen molar-refractivity contribution in [1.29, 1.82) is 0 Å². The van der Waals surface area contributed by atoms with Crippen molar-refractivity contribution in [2.75, 3.05) is 0 Å². The topological polar surface area (TPSA) is 69.9 Å². The van der Waals surface area contributed by atoms with E-state index in [-0.39, 0.29) is 5.46 Å². The zero-order valence-electron chi connectivity index (χ0n) is 10.9. The van der Waals surface area contributed by atoms with Gasteiger partial charge in [0, 0.05) is 0 Å². The van der Waals surface area contributed by atoms with Gasteiger partial charge in [0.05, 0.1) is 11.2 Å². The largest absolute Gasteiger partial charge is 0.505 e. The van der Waals surface area contributed by atoms with E-state index in [1.54, 1.807) is 27.7 Å². The maximum atomic E-state index is 13.1. The Morgan fingerprint density at radius 3 is 2.22 bits per heavy atom. The van der Waals surface area contributed by atoms with Crippen molar-refractivity contribution in [2.45, 2.75) is 38.9 Å². The molecular formula is C12H18BFO4. The quantitative estimate of drug-likeness (QED) is 0.696. The lowest BCUT2D eigenvalue weighted by molar-refractivity contribution is -0.0982. The summed E-state index contributed by atoms with van der Waals surface area (Å²) in [5, 5.41) is 28.8. The summed E-state index contributed by atoms with van der Waals surface area (Å²) >= 11 is 0. The fraction of sp³-hybridized carbons (Fsp3) is 0.500. The van der Waals surface area contributed by atoms with Crippen molar-refractivity contribution in [2.24, 2.45) is 0 Å². The van der Waals surface area contributed by atoms with Gasteiger partial charge < -0.3 is 19.9 Å². The van der Waals surface area contributed by atoms with Crippen LogP contribution in [0.15, 0.2) is 18.2 Å². The van der Waals surface area contributed by atoms with Crippen LogP contribution in [-0.2, 0) is 4.65 Å². The Kier molecular flexibility index (Phi) is 4.05. The fourth-order valence-corrected chi connectivity index (χ4v) is 1.17. The minimum atomic E-state index is -1.39. The molecule has 0 atom stereocenters. The van der Waals surface area contributed by atoms with E-state index in [4.69, 9.17) is 9.76 Å². The number of aromatic hydroxyl groups is 1. The predicted octanol–water partition coefficient (Wildman–Crippen LogP) is 0.785. The summed E-state index contributed by atoms with van der Waals surface area (Å²) in [4.78, 5) is 0. The van der Waals surface area contributed by atoms with Gasteiger partial charge in [0.1, 0.15) is 0 Å². The number of halogens is 1. The van der Waals surface area contributed by atoms with Gasteiger partial charge >= 0.3 is 7.12 Å². The molecule has 0 aliphatic carbocycles. The highest BCUT2D eigenvalue weighted by molar-refractivity contribution is 6.60. The van der Waals surface area contributed by atoms with Crippen LogP contribution in [0.2, 0.25) is 0 Å². The van der Waals surface area contributed by atoms with Gasteiger partial charge in [-0.1, -0.05) is 6.07 Å². The maximum Gasteiger partial charge on any atom is 0.491 e. The SMILES string of the molecule is CC(C)(O)C(C)(C)OB(O)c1ccc(O)c(F)c1. The van der Waals surface area contributed by atoms with Crippen molar-refractivity contribution in [3.05, 3.63) is 24.0 Å². The highest BCUT2D eigenvalue weighted by Gasteiger charge is 2.39. The van der Waals surface area contributed by atoms with E-state index in [0.29, 0.717) is 0 Å². The highest BCUT2D eigenvalue weighted by atomic mass is 19.1. The second-order valence-corrected chi connectivity index (χ2v) is 5.25. The molecule has 0 unspecified atom stereocenters. The molecule has 4 nitrogen and oxygen atoms in total. The van der Waals surface area contributed by atoms with Crippen LogP contribution in [-0.4, -0.2) is 33.6 Å². The Morgan fingerprint density at radius 1 is 1.22 bits per heavy atom. The average molecular weight is 256 g/mol. The second kappa shape index (κ2) is 4.88. The third kappa shape index (κ3) is 3.22. The van der Waals surface area contributed by atoms with Gasteiger partial charge in [0.2, 0.25) is 0 Å². The Bertz CT molecular complexity index is 429. The van der Waals surface area contributed by atoms with Crippen molar-refractivity contribution in [3.63, 3.8) is 0 Å². The van der Waals surface area contributed by atoms with Crippen LogP contribution in [0.5, 0.6) is 5.75 Å². The summed E-state index contributed by atoms with van der Waals surface area (Å²) in [5.74, 6) is -1.33. The van der Waals surface area contributed by atoms with Gasteiger partial charge in [-0.05, 0) is 45.3 Å². The molecule has 6 heteroatoms. The van der Waals surface area contributed by atoms with Crippen LogP contribution in [0.3, 0.4) is 0 Å². The molecule has 18 heavy (non-hydrogen) atoms. The fourth-order valence-electron chi connectivity index (χ4n) is 1.17. The molecule has 100 valence electrons. The lowest BCUT2D eigenvalue weighted by Crippen LogP contribution is -2.53. The number of phenolic OH excluding ortho intramolecular Hbond substituents is 1. The monoisotopic (exact) mass is 256 g/mol. The van der Waals surface area contributed by atoms with Gasteiger partial charge in [-0.3, -0.25) is 0 Å². The van der Waals surface area contributed by atoms with Crippen LogP contribution in [0, 0.1) is 5.82 Å². The molecule has 1 aromatic rings. The standard InChI is InChI=1S/C12H18BFO4/c1-11(2,16)12(3,4)18-13(17)8-5-6-10(15)9(14)7-8/h5-7,15-17H,1-4H3. The van der Waals surface area contributed by atoms with Crippen LogP contribution < -0.4 is 5.46 Å². The average Bonchev–Trinajstić information content (AvgIpc) is 2.19. The molecule has 0 aliphatic heterocycles. The summed E-state index contributed by atoms with van der Waals surface area (Å²) < 4.78 is 18.5. The van der Waals surface area contributed by atoms with E-state index in [0.717, 1.165) is 12.1 Å². The summed E-state index contributed by atoms with van der Waals surface area (Å²) in [6, 6.07) is 3.47. The molecule has 3 N–H and O–H groups in total. The first-order chi connectivity index (χ1) is 8.04. The molecule has 0 aromatic heterocycles. The number of benzene rings is 1. The number of hydrogen-bond acceptors (Lipinski definition) is 4. The van der Waals surface area contributed by atoms with E-state index in [9.17, 15) is 14.5 Å². The van der Waals surface area contributed by atoms with Gasteiger partial charge in [-0.15, -0.1) is 0 Å². The van der Waals surface area contributed by atoms with Crippen LogP contribution in [0.25, 0.3) is 0 Å². The zero-order chi connectivity index (χ0) is 14.1. The zero-order valence-corrected chi connectivity index (χ0v) is 10.9. The molecule has 1 rings (SSSR count). The third-order valence-electron chi connectivity index (χ3n) is 3.14. The lowest BCUT2D eigenvalue weighted by Gasteiger charge is -2.38. The summed E-state index contributed by atoms with van der Waals surface area (Å²) in [7, 11) is -1.39. The van der Waals surface area contributed by atoms with Gasteiger partial charge in [0.15, 0.2) is 11.6 Å². The molecule has 0 bridgehead atoms. The Morgan fingerprint density at radius 2 is 1.78 bits per heavy atom. The van der Waals surface area contributed by atoms with E-state index in [2.05, 4.69) is 0 Å². The summed E-state index contributed by atoms with van der Waals surface area (Å²) in [6.45, 7) is 6.34. The molecule has 0 fully saturated rings. The maximum absolute atomic E-state index is 13.1.